The summed E-state index contributed by atoms with van der Waals surface area (Å²) >= 11 is 0. The molecule has 1 N–H and O–H groups in total. The van der Waals surface area contributed by atoms with E-state index in [1.54, 1.807) is 6.07 Å². The van der Waals surface area contributed by atoms with Crippen LogP contribution in [0.25, 0.3) is 22.2 Å². The van der Waals surface area contributed by atoms with Crippen LogP contribution >= 0.6 is 0 Å². The van der Waals surface area contributed by atoms with Gasteiger partial charge in [-0.2, -0.15) is 0 Å². The molecule has 2 aromatic heterocycles. The molecule has 0 bridgehead atoms. The van der Waals surface area contributed by atoms with Gasteiger partial charge in [0.15, 0.2) is 5.58 Å². The molecule has 0 unspecified atom stereocenters. The van der Waals surface area contributed by atoms with E-state index in [2.05, 4.69) is 35.3 Å². The molecule has 0 saturated heterocycles. The molecule has 2 heterocycles. The minimum Gasteiger partial charge on any atom is -0.477 e. The van der Waals surface area contributed by atoms with Crippen molar-refractivity contribution in [3.63, 3.8) is 0 Å². The van der Waals surface area contributed by atoms with E-state index in [-0.39, 0.29) is 25.8 Å². The molecule has 0 fully saturated rings. The Morgan fingerprint density at radius 2 is 1.88 bits per heavy atom. The Labute approximate surface area is 215 Å². The molecular weight excluding hydrogens is 605 g/mol. The summed E-state index contributed by atoms with van der Waals surface area (Å²) in [6, 6.07) is 21.0. The zero-order valence-corrected chi connectivity index (χ0v) is 22.3. The number of hydrogen-bond acceptors (Lipinski definition) is 4. The second-order valence-corrected chi connectivity index (χ2v) is 8.38. The zero-order chi connectivity index (χ0) is 23.6. The quantitative estimate of drug-likeness (QED) is 0.162. The van der Waals surface area contributed by atoms with Crippen molar-refractivity contribution in [2.75, 3.05) is 0 Å². The van der Waals surface area contributed by atoms with E-state index in [9.17, 15) is 4.79 Å². The van der Waals surface area contributed by atoms with Gasteiger partial charge in [0, 0.05) is 37.4 Å². The number of nitrogens with zero attached hydrogens (tertiary/aromatic N) is 2. The van der Waals surface area contributed by atoms with E-state index in [1.165, 1.54) is 37.4 Å². The maximum atomic E-state index is 10.5. The van der Waals surface area contributed by atoms with Crippen LogP contribution in [0.5, 0.6) is 0 Å². The molecule has 1 radical (unpaired) electrons. The Bertz CT molecular complexity index is 1190. The van der Waals surface area contributed by atoms with Crippen molar-refractivity contribution in [3.05, 3.63) is 83.7 Å². The molecule has 5 nitrogen and oxygen atoms in total. The maximum absolute atomic E-state index is 10.5. The number of fused-ring (bicyclic) bond motifs is 1. The number of hydrogen-bond donors (Lipinski definition) is 1. The van der Waals surface area contributed by atoms with E-state index >= 15 is 0 Å². The van der Waals surface area contributed by atoms with Crippen molar-refractivity contribution < 1.29 is 34.5 Å². The number of para-hydroxylation sites is 1. The molecule has 0 saturated carbocycles. The van der Waals surface area contributed by atoms with E-state index in [1.807, 2.05) is 50.2 Å². The third-order valence-corrected chi connectivity index (χ3v) is 5.49. The van der Waals surface area contributed by atoms with Crippen molar-refractivity contribution in [1.82, 2.24) is 10.1 Å². The first kappa shape index (κ1) is 27.4. The average molecular weight is 636 g/mol. The van der Waals surface area contributed by atoms with Gasteiger partial charge >= 0.3 is 5.97 Å². The van der Waals surface area contributed by atoms with E-state index in [0.29, 0.717) is 5.92 Å². The molecule has 34 heavy (non-hydrogen) atoms. The maximum Gasteiger partial charge on any atom is 0.354 e. The first-order valence-corrected chi connectivity index (χ1v) is 11.5. The van der Waals surface area contributed by atoms with Gasteiger partial charge in [0.1, 0.15) is 5.69 Å². The van der Waals surface area contributed by atoms with Gasteiger partial charge in [-0.25, -0.2) is 9.78 Å². The minimum atomic E-state index is -0.975. The minimum absolute atomic E-state index is 0. The fourth-order valence-corrected chi connectivity index (χ4v) is 3.56. The molecule has 4 aromatic rings. The van der Waals surface area contributed by atoms with Crippen LogP contribution in [0, 0.1) is 6.07 Å². The molecule has 0 atom stereocenters. The van der Waals surface area contributed by atoms with Gasteiger partial charge in [-0.15, -0.1) is 40.5 Å². The summed E-state index contributed by atoms with van der Waals surface area (Å²) in [7, 11) is 0. The van der Waals surface area contributed by atoms with Gasteiger partial charge in [0.25, 0.3) is 0 Å². The van der Waals surface area contributed by atoms with Crippen LogP contribution in [0.15, 0.2) is 65.3 Å². The summed E-state index contributed by atoms with van der Waals surface area (Å²) in [6.07, 6.45) is 7.79. The second kappa shape index (κ2) is 13.8. The van der Waals surface area contributed by atoms with Crippen LogP contribution in [-0.4, -0.2) is 21.2 Å². The summed E-state index contributed by atoms with van der Waals surface area (Å²) in [5.74, 6) is -0.636. The van der Waals surface area contributed by atoms with Crippen LogP contribution in [0.3, 0.4) is 0 Å². The topological polar surface area (TPSA) is 76.2 Å². The first-order valence-electron chi connectivity index (χ1n) is 11.5. The number of aromatic nitrogens is 2. The Hall–Kier alpha value is -2.82. The molecule has 0 aliphatic rings. The molecule has 2 aromatic carbocycles. The summed E-state index contributed by atoms with van der Waals surface area (Å²) in [4.78, 5) is 14.2. The predicted molar refractivity (Wildman–Crippen MR) is 131 cm³/mol. The Kier molecular flexibility index (Phi) is 11.1. The monoisotopic (exact) mass is 636 g/mol. The average Bonchev–Trinajstić information content (AvgIpc) is 3.27. The third-order valence-electron chi connectivity index (χ3n) is 5.49. The number of carbonyl (C=O) groups is 1. The SMILES string of the molecule is CC(C)c1ccnc(C(=O)O)c1.CCCCCCc1cc[c-]c(-c2noc3ccccc23)c1.[Ir]. The summed E-state index contributed by atoms with van der Waals surface area (Å²) in [5, 5.41) is 13.9. The molecule has 0 amide bonds. The Morgan fingerprint density at radius 1 is 1.09 bits per heavy atom. The molecular formula is C28H31IrN2O3-. The van der Waals surface area contributed by atoms with E-state index in [4.69, 9.17) is 9.63 Å². The summed E-state index contributed by atoms with van der Waals surface area (Å²) < 4.78 is 5.39. The third kappa shape index (κ3) is 7.61. The van der Waals surface area contributed by atoms with Gasteiger partial charge in [-0.3, -0.25) is 0 Å². The largest absolute Gasteiger partial charge is 0.477 e. The van der Waals surface area contributed by atoms with Crippen molar-refractivity contribution in [2.45, 2.75) is 58.8 Å². The molecule has 0 spiro atoms. The van der Waals surface area contributed by atoms with E-state index in [0.717, 1.165) is 34.2 Å². The fraction of sp³-hybridized carbons (Fsp3) is 0.321. The Morgan fingerprint density at radius 3 is 2.62 bits per heavy atom. The first-order chi connectivity index (χ1) is 16.0. The number of carboxylic acids is 1. The van der Waals surface area contributed by atoms with Crippen molar-refractivity contribution >= 4 is 16.9 Å². The number of rotatable bonds is 8. The number of benzene rings is 2. The molecule has 0 aliphatic carbocycles. The van der Waals surface area contributed by atoms with Crippen LogP contribution in [0.2, 0.25) is 0 Å². The van der Waals surface area contributed by atoms with Crippen molar-refractivity contribution in [1.29, 1.82) is 0 Å². The summed E-state index contributed by atoms with van der Waals surface area (Å²) in [5.41, 5.74) is 5.21. The number of unbranched alkanes of at least 4 members (excludes halogenated alkanes) is 3. The molecule has 4 rings (SSSR count). The number of aromatic carboxylic acids is 1. The van der Waals surface area contributed by atoms with Crippen molar-refractivity contribution in [2.24, 2.45) is 0 Å². The molecule has 0 aliphatic heterocycles. The van der Waals surface area contributed by atoms with Crippen LogP contribution in [0.4, 0.5) is 0 Å². The van der Waals surface area contributed by atoms with Gasteiger partial charge in [-0.05, 0) is 36.1 Å². The van der Waals surface area contributed by atoms with Gasteiger partial charge in [-0.1, -0.05) is 64.7 Å². The van der Waals surface area contributed by atoms with Crippen LogP contribution in [0.1, 0.15) is 74.0 Å². The predicted octanol–water partition coefficient (Wildman–Crippen LogP) is 7.32. The Balaban J connectivity index is 0.000000270. The number of carboxylic acid groups (broad SMARTS) is 1. The second-order valence-electron chi connectivity index (χ2n) is 8.38. The van der Waals surface area contributed by atoms with Gasteiger partial charge < -0.3 is 9.63 Å². The zero-order valence-electron chi connectivity index (χ0n) is 19.9. The smallest absolute Gasteiger partial charge is 0.354 e. The normalized spacial score (nSPS) is 10.5. The number of aryl methyl sites for hydroxylation is 1. The number of pyridine rings is 1. The molecule has 181 valence electrons. The van der Waals surface area contributed by atoms with Gasteiger partial charge in [0.2, 0.25) is 0 Å². The van der Waals surface area contributed by atoms with Crippen LogP contribution < -0.4 is 0 Å². The summed E-state index contributed by atoms with van der Waals surface area (Å²) in [6.45, 7) is 6.27. The van der Waals surface area contributed by atoms with Crippen molar-refractivity contribution in [3.8, 4) is 11.3 Å². The molecule has 6 heteroatoms. The van der Waals surface area contributed by atoms with E-state index < -0.39 is 5.97 Å². The standard InChI is InChI=1S/C19H20NO.C9H11NO2.Ir/c1-2-3-4-5-9-15-10-8-11-16(14-15)19-17-12-6-7-13-18(17)21-20-19;1-6(2)7-3-4-10-8(5-7)9(11)12;/h6-8,10,12-14H,2-5,9H2,1H3;3-6H,1-2H3,(H,11,12);/q-1;;. The van der Waals surface area contributed by atoms with Gasteiger partial charge in [0.05, 0.1) is 0 Å². The fourth-order valence-electron chi connectivity index (χ4n) is 3.56. The van der Waals surface area contributed by atoms with Crippen LogP contribution in [-0.2, 0) is 26.5 Å².